The van der Waals surface area contributed by atoms with Gasteiger partial charge in [-0.25, -0.2) is 9.78 Å². The van der Waals surface area contributed by atoms with Gasteiger partial charge >= 0.3 is 11.9 Å². The maximum Gasteiger partial charge on any atom is 0.335 e. The Bertz CT molecular complexity index is 1290. The van der Waals surface area contributed by atoms with E-state index in [-0.39, 0.29) is 17.5 Å². The van der Waals surface area contributed by atoms with Gasteiger partial charge in [-0.1, -0.05) is 17.7 Å². The molecule has 0 radical (unpaired) electrons. The van der Waals surface area contributed by atoms with E-state index in [1.54, 1.807) is 29.5 Å². The van der Waals surface area contributed by atoms with Gasteiger partial charge in [-0.2, -0.15) is 0 Å². The highest BCUT2D eigenvalue weighted by atomic mass is 32.1. The fraction of sp³-hybridized carbons (Fsp3) is 0.393. The lowest BCUT2D eigenvalue weighted by molar-refractivity contribution is -0.148. The van der Waals surface area contributed by atoms with Crippen LogP contribution < -0.4 is 9.64 Å². The van der Waals surface area contributed by atoms with Crippen molar-refractivity contribution in [3.8, 4) is 17.0 Å². The van der Waals surface area contributed by atoms with Crippen molar-refractivity contribution < 1.29 is 24.2 Å². The van der Waals surface area contributed by atoms with E-state index in [1.807, 2.05) is 26.0 Å². The number of hydrogen-bond acceptors (Lipinski definition) is 7. The van der Waals surface area contributed by atoms with Gasteiger partial charge in [-0.05, 0) is 73.9 Å². The third-order valence-electron chi connectivity index (χ3n) is 7.45. The smallest absolute Gasteiger partial charge is 0.335 e. The lowest BCUT2D eigenvalue weighted by atomic mass is 9.85. The minimum Gasteiger partial charge on any atom is -0.488 e. The van der Waals surface area contributed by atoms with Crippen LogP contribution in [0.1, 0.15) is 39.9 Å². The molecule has 2 atom stereocenters. The number of fused-ring (bicyclic) bond motifs is 2. The summed E-state index contributed by atoms with van der Waals surface area (Å²) in [5.74, 6) is 0.373. The molecule has 36 heavy (non-hydrogen) atoms. The Morgan fingerprint density at radius 1 is 1.11 bits per heavy atom. The normalized spacial score (nSPS) is 20.9. The summed E-state index contributed by atoms with van der Waals surface area (Å²) in [6, 6.07) is 11.1. The van der Waals surface area contributed by atoms with Crippen LogP contribution in [-0.4, -0.2) is 42.2 Å². The highest BCUT2D eigenvalue weighted by molar-refractivity contribution is 7.14. The second-order valence-corrected chi connectivity index (χ2v) is 10.6. The summed E-state index contributed by atoms with van der Waals surface area (Å²) in [7, 11) is 1.48. The number of rotatable bonds is 7. The molecule has 1 aliphatic heterocycles. The van der Waals surface area contributed by atoms with Gasteiger partial charge in [0.15, 0.2) is 5.13 Å². The summed E-state index contributed by atoms with van der Waals surface area (Å²) in [6.45, 7) is 5.93. The number of thiazole rings is 1. The Kier molecular flexibility index (Phi) is 6.71. The number of anilines is 1. The van der Waals surface area contributed by atoms with Gasteiger partial charge in [0.2, 0.25) is 0 Å². The molecule has 0 amide bonds. The molecule has 2 aromatic carbocycles. The van der Waals surface area contributed by atoms with Crippen molar-refractivity contribution in [2.45, 2.75) is 33.3 Å². The van der Waals surface area contributed by atoms with Gasteiger partial charge in [0.05, 0.1) is 24.3 Å². The lowest BCUT2D eigenvalue weighted by Crippen LogP contribution is -2.45. The number of piperidine rings is 1. The van der Waals surface area contributed by atoms with Crippen LogP contribution >= 0.6 is 11.3 Å². The Morgan fingerprint density at radius 2 is 1.86 bits per heavy atom. The molecule has 1 aromatic heterocycles. The number of aromatic nitrogens is 1. The van der Waals surface area contributed by atoms with E-state index in [0.717, 1.165) is 64.8 Å². The molecule has 2 bridgehead atoms. The third-order valence-corrected chi connectivity index (χ3v) is 8.35. The number of carbonyl (C=O) groups is 2. The topological polar surface area (TPSA) is 89.0 Å². The van der Waals surface area contributed by atoms with E-state index in [1.165, 1.54) is 7.11 Å². The average Bonchev–Trinajstić information content (AvgIpc) is 3.46. The Morgan fingerprint density at radius 3 is 2.53 bits per heavy atom. The number of carbonyl (C=O) groups excluding carboxylic acids is 1. The second kappa shape index (κ2) is 9.93. The molecule has 5 rings (SSSR count). The molecule has 1 saturated heterocycles. The van der Waals surface area contributed by atoms with Crippen molar-refractivity contribution in [1.29, 1.82) is 0 Å². The SMILES string of the molecule is COC(=O)C1C2CCC1CN(c1nc(-c3cc(C)ccc3OCc3ccc(C(=O)O)cc3C)cs1)C2. The first kappa shape index (κ1) is 24.3. The van der Waals surface area contributed by atoms with Crippen molar-refractivity contribution in [2.75, 3.05) is 25.1 Å². The number of methoxy groups -OCH3 is 1. The number of carboxylic acids is 1. The predicted octanol–water partition coefficient (Wildman–Crippen LogP) is 5.34. The Hall–Kier alpha value is -3.39. The molecule has 1 aliphatic carbocycles. The molecule has 0 spiro atoms. The van der Waals surface area contributed by atoms with Crippen LogP contribution in [0.2, 0.25) is 0 Å². The number of hydrogen-bond donors (Lipinski definition) is 1. The van der Waals surface area contributed by atoms with Crippen LogP contribution in [0, 0.1) is 31.6 Å². The minimum absolute atomic E-state index is 0.00970. The van der Waals surface area contributed by atoms with Gasteiger partial charge in [-0.3, -0.25) is 4.79 Å². The highest BCUT2D eigenvalue weighted by Crippen LogP contribution is 2.45. The standard InChI is InChI=1S/C28H30N2O5S/c1-16-4-9-24(35-14-21-8-5-18(26(31)32)11-17(21)2)22(10-16)23-15-36-28(29-23)30-12-19-6-7-20(13-30)25(19)27(33)34-3/h4-5,8-11,15,19-20,25H,6-7,12-14H2,1-3H3,(H,31,32). The summed E-state index contributed by atoms with van der Waals surface area (Å²) in [6.07, 6.45) is 2.11. The van der Waals surface area contributed by atoms with E-state index >= 15 is 0 Å². The molecule has 2 aliphatic rings. The van der Waals surface area contributed by atoms with E-state index in [4.69, 9.17) is 14.5 Å². The minimum atomic E-state index is -0.937. The van der Waals surface area contributed by atoms with Crippen molar-refractivity contribution in [1.82, 2.24) is 4.98 Å². The maximum atomic E-state index is 12.3. The molecule has 2 heterocycles. The van der Waals surface area contributed by atoms with Crippen LogP contribution in [0.5, 0.6) is 5.75 Å². The summed E-state index contributed by atoms with van der Waals surface area (Å²) >= 11 is 1.62. The number of esters is 1. The lowest BCUT2D eigenvalue weighted by Gasteiger charge is -2.36. The van der Waals surface area contributed by atoms with Gasteiger partial charge < -0.3 is 19.5 Å². The zero-order valence-corrected chi connectivity index (χ0v) is 21.5. The van der Waals surface area contributed by atoms with E-state index in [2.05, 4.69) is 16.3 Å². The first-order valence-electron chi connectivity index (χ1n) is 12.2. The van der Waals surface area contributed by atoms with Crippen molar-refractivity contribution in [3.05, 3.63) is 64.0 Å². The summed E-state index contributed by atoms with van der Waals surface area (Å²) in [5.41, 5.74) is 5.01. The largest absolute Gasteiger partial charge is 0.488 e. The van der Waals surface area contributed by atoms with Crippen LogP contribution in [0.25, 0.3) is 11.3 Å². The van der Waals surface area contributed by atoms with Crippen LogP contribution in [0.15, 0.2) is 41.8 Å². The summed E-state index contributed by atoms with van der Waals surface area (Å²) in [5, 5.41) is 12.3. The fourth-order valence-corrected chi connectivity index (χ4v) is 6.40. The molecule has 188 valence electrons. The monoisotopic (exact) mass is 506 g/mol. The van der Waals surface area contributed by atoms with Gasteiger partial charge in [0.1, 0.15) is 12.4 Å². The molecule has 1 N–H and O–H groups in total. The average molecular weight is 507 g/mol. The summed E-state index contributed by atoms with van der Waals surface area (Å²) in [4.78, 5) is 30.8. The molecule has 1 saturated carbocycles. The maximum absolute atomic E-state index is 12.3. The zero-order valence-electron chi connectivity index (χ0n) is 20.7. The van der Waals surface area contributed by atoms with Crippen LogP contribution in [0.3, 0.4) is 0 Å². The van der Waals surface area contributed by atoms with Crippen molar-refractivity contribution >= 4 is 28.4 Å². The molecular formula is C28H30N2O5S. The van der Waals surface area contributed by atoms with Crippen LogP contribution in [-0.2, 0) is 16.1 Å². The van der Waals surface area contributed by atoms with Crippen LogP contribution in [0.4, 0.5) is 5.13 Å². The van der Waals surface area contributed by atoms with Gasteiger partial charge in [-0.15, -0.1) is 11.3 Å². The predicted molar refractivity (Wildman–Crippen MR) is 139 cm³/mol. The third kappa shape index (κ3) is 4.69. The summed E-state index contributed by atoms with van der Waals surface area (Å²) < 4.78 is 11.3. The zero-order chi connectivity index (χ0) is 25.4. The molecule has 7 nitrogen and oxygen atoms in total. The molecule has 8 heteroatoms. The first-order valence-corrected chi connectivity index (χ1v) is 13.1. The number of aryl methyl sites for hydroxylation is 2. The van der Waals surface area contributed by atoms with E-state index in [0.29, 0.717) is 18.4 Å². The van der Waals surface area contributed by atoms with E-state index in [9.17, 15) is 14.7 Å². The number of aromatic carboxylic acids is 1. The molecular weight excluding hydrogens is 476 g/mol. The van der Waals surface area contributed by atoms with E-state index < -0.39 is 5.97 Å². The van der Waals surface area contributed by atoms with Gasteiger partial charge in [0, 0.05) is 24.0 Å². The molecule has 2 unspecified atom stereocenters. The number of ether oxygens (including phenoxy) is 2. The van der Waals surface area contributed by atoms with Crippen molar-refractivity contribution in [2.24, 2.45) is 17.8 Å². The quantitative estimate of drug-likeness (QED) is 0.433. The Balaban J connectivity index is 1.34. The molecule has 3 aromatic rings. The number of carboxylic acid groups (broad SMARTS) is 1. The second-order valence-electron chi connectivity index (χ2n) is 9.80. The van der Waals surface area contributed by atoms with Gasteiger partial charge in [0.25, 0.3) is 0 Å². The number of benzene rings is 2. The fourth-order valence-electron chi connectivity index (χ4n) is 5.55. The number of nitrogens with zero attached hydrogens (tertiary/aromatic N) is 2. The van der Waals surface area contributed by atoms with Crippen molar-refractivity contribution in [3.63, 3.8) is 0 Å². The highest BCUT2D eigenvalue weighted by Gasteiger charge is 2.47. The first-order chi connectivity index (χ1) is 17.3. The Labute approximate surface area is 214 Å². The molecule has 2 fully saturated rings.